The van der Waals surface area contributed by atoms with Crippen LogP contribution in [0.1, 0.15) is 5.56 Å². The number of aromatic nitrogens is 1. The van der Waals surface area contributed by atoms with E-state index in [1.54, 1.807) is 31.5 Å². The third kappa shape index (κ3) is 5.10. The third-order valence-electron chi connectivity index (χ3n) is 3.23. The first-order valence-electron chi connectivity index (χ1n) is 7.03. The standard InChI is InChI=1S/C16H17Cl2N3O2/c1-21(9-11-8-12(17)5-6-14(11)23-2)10-15(22)20-13-4-3-7-19-16(13)18/h3-8H,9-10H2,1-2H3,(H,20,22)/p+1. The molecule has 1 aromatic carbocycles. The number of hydrogen-bond acceptors (Lipinski definition) is 3. The highest BCUT2D eigenvalue weighted by molar-refractivity contribution is 6.32. The van der Waals surface area contributed by atoms with E-state index in [9.17, 15) is 4.79 Å². The summed E-state index contributed by atoms with van der Waals surface area (Å²) in [6.45, 7) is 0.888. The number of carbonyl (C=O) groups excluding carboxylic acids is 1. The summed E-state index contributed by atoms with van der Waals surface area (Å²) in [5.41, 5.74) is 1.46. The Morgan fingerprint density at radius 1 is 1.35 bits per heavy atom. The highest BCUT2D eigenvalue weighted by atomic mass is 35.5. The van der Waals surface area contributed by atoms with Crippen LogP contribution >= 0.6 is 23.2 Å². The lowest BCUT2D eigenvalue weighted by atomic mass is 10.2. The van der Waals surface area contributed by atoms with Crippen LogP contribution in [0.15, 0.2) is 36.5 Å². The Kier molecular flexibility index (Phi) is 6.21. The zero-order valence-corrected chi connectivity index (χ0v) is 14.4. The Bertz CT molecular complexity index is 695. The molecule has 2 rings (SSSR count). The number of quaternary nitrogens is 1. The molecule has 1 heterocycles. The van der Waals surface area contributed by atoms with E-state index < -0.39 is 0 Å². The first-order chi connectivity index (χ1) is 11.0. The molecule has 2 aromatic rings. The van der Waals surface area contributed by atoms with E-state index in [1.165, 1.54) is 0 Å². The van der Waals surface area contributed by atoms with Crippen molar-refractivity contribution in [2.75, 3.05) is 26.0 Å². The second-order valence-electron chi connectivity index (χ2n) is 5.16. The van der Waals surface area contributed by atoms with Gasteiger partial charge in [0.15, 0.2) is 11.7 Å². The average Bonchev–Trinajstić information content (AvgIpc) is 2.49. The summed E-state index contributed by atoms with van der Waals surface area (Å²) in [6.07, 6.45) is 1.57. The Hall–Kier alpha value is -1.82. The predicted molar refractivity (Wildman–Crippen MR) is 91.3 cm³/mol. The molecule has 0 aliphatic rings. The van der Waals surface area contributed by atoms with Gasteiger partial charge in [0.25, 0.3) is 5.91 Å². The van der Waals surface area contributed by atoms with E-state index in [2.05, 4.69) is 10.3 Å². The number of nitrogens with one attached hydrogen (secondary N) is 2. The number of carbonyl (C=O) groups is 1. The lowest BCUT2D eigenvalue weighted by Gasteiger charge is -2.16. The number of benzene rings is 1. The second kappa shape index (κ2) is 8.15. The summed E-state index contributed by atoms with van der Waals surface area (Å²) in [7, 11) is 3.53. The van der Waals surface area contributed by atoms with E-state index >= 15 is 0 Å². The molecule has 5 nitrogen and oxygen atoms in total. The molecular formula is C16H18Cl2N3O2+. The predicted octanol–water partition coefficient (Wildman–Crippen LogP) is 2.05. The molecule has 2 N–H and O–H groups in total. The fraction of sp³-hybridized carbons (Fsp3) is 0.250. The van der Waals surface area contributed by atoms with E-state index in [0.717, 1.165) is 16.2 Å². The van der Waals surface area contributed by atoms with Crippen molar-refractivity contribution < 1.29 is 14.4 Å². The maximum atomic E-state index is 12.1. The van der Waals surface area contributed by atoms with Gasteiger partial charge in [0.1, 0.15) is 12.3 Å². The monoisotopic (exact) mass is 354 g/mol. The number of likely N-dealkylation sites (N-methyl/N-ethyl adjacent to an activating group) is 1. The topological polar surface area (TPSA) is 55.7 Å². The summed E-state index contributed by atoms with van der Waals surface area (Å²) in [6, 6.07) is 8.87. The van der Waals surface area contributed by atoms with Gasteiger partial charge in [0, 0.05) is 16.8 Å². The molecule has 0 radical (unpaired) electrons. The summed E-state index contributed by atoms with van der Waals surface area (Å²) >= 11 is 11.9. The molecule has 1 aromatic heterocycles. The van der Waals surface area contributed by atoms with Crippen LogP contribution in [0.3, 0.4) is 0 Å². The number of amides is 1. The van der Waals surface area contributed by atoms with Crippen LogP contribution in [0.4, 0.5) is 5.69 Å². The highest BCUT2D eigenvalue weighted by Crippen LogP contribution is 2.21. The number of ether oxygens (including phenoxy) is 1. The van der Waals surface area contributed by atoms with Gasteiger partial charge >= 0.3 is 0 Å². The number of nitrogens with zero attached hydrogens (tertiary/aromatic N) is 1. The maximum Gasteiger partial charge on any atom is 0.279 e. The first kappa shape index (κ1) is 17.5. The lowest BCUT2D eigenvalue weighted by Crippen LogP contribution is -3.08. The van der Waals surface area contributed by atoms with Crippen LogP contribution in [0.25, 0.3) is 0 Å². The number of pyridine rings is 1. The molecule has 0 spiro atoms. The maximum absolute atomic E-state index is 12.1. The fourth-order valence-electron chi connectivity index (χ4n) is 2.22. The molecule has 1 atom stereocenters. The third-order valence-corrected chi connectivity index (χ3v) is 3.77. The Morgan fingerprint density at radius 2 is 2.13 bits per heavy atom. The minimum absolute atomic E-state index is 0.140. The quantitative estimate of drug-likeness (QED) is 0.780. The molecule has 0 aliphatic heterocycles. The van der Waals surface area contributed by atoms with Gasteiger partial charge in [-0.25, -0.2) is 4.98 Å². The van der Waals surface area contributed by atoms with Crippen LogP contribution in [-0.4, -0.2) is 31.6 Å². The molecule has 1 amide bonds. The van der Waals surface area contributed by atoms with Crippen LogP contribution in [0, 0.1) is 0 Å². The van der Waals surface area contributed by atoms with Crippen molar-refractivity contribution in [1.29, 1.82) is 0 Å². The molecular weight excluding hydrogens is 337 g/mol. The van der Waals surface area contributed by atoms with Gasteiger partial charge in [0.2, 0.25) is 0 Å². The van der Waals surface area contributed by atoms with Crippen molar-refractivity contribution >= 4 is 34.8 Å². The molecule has 0 saturated carbocycles. The lowest BCUT2D eigenvalue weighted by molar-refractivity contribution is -0.885. The fourth-order valence-corrected chi connectivity index (χ4v) is 2.58. The van der Waals surface area contributed by atoms with E-state index in [1.807, 2.05) is 19.2 Å². The number of hydrogen-bond donors (Lipinski definition) is 2. The Balaban J connectivity index is 1.97. The molecule has 0 aliphatic carbocycles. The molecule has 1 unspecified atom stereocenters. The van der Waals surface area contributed by atoms with Crippen molar-refractivity contribution in [3.63, 3.8) is 0 Å². The zero-order chi connectivity index (χ0) is 16.8. The van der Waals surface area contributed by atoms with E-state index in [4.69, 9.17) is 27.9 Å². The minimum Gasteiger partial charge on any atom is -0.496 e. The normalized spacial score (nSPS) is 11.8. The van der Waals surface area contributed by atoms with Crippen LogP contribution in [-0.2, 0) is 11.3 Å². The molecule has 0 saturated heterocycles. The van der Waals surface area contributed by atoms with Gasteiger partial charge in [-0.05, 0) is 30.3 Å². The van der Waals surface area contributed by atoms with Crippen LogP contribution in [0.5, 0.6) is 5.75 Å². The summed E-state index contributed by atoms with van der Waals surface area (Å²) in [4.78, 5) is 17.0. The molecule has 0 bridgehead atoms. The Morgan fingerprint density at radius 3 is 2.83 bits per heavy atom. The van der Waals surface area contributed by atoms with Gasteiger partial charge in [-0.15, -0.1) is 0 Å². The molecule has 23 heavy (non-hydrogen) atoms. The minimum atomic E-state index is -0.140. The Labute approximate surface area is 145 Å². The van der Waals surface area contributed by atoms with Gasteiger partial charge in [-0.3, -0.25) is 4.79 Å². The van der Waals surface area contributed by atoms with Crippen LogP contribution in [0.2, 0.25) is 10.2 Å². The van der Waals surface area contributed by atoms with Gasteiger partial charge in [-0.2, -0.15) is 0 Å². The van der Waals surface area contributed by atoms with Crippen LogP contribution < -0.4 is 15.0 Å². The van der Waals surface area contributed by atoms with E-state index in [-0.39, 0.29) is 17.6 Å². The number of rotatable bonds is 6. The number of methoxy groups -OCH3 is 1. The van der Waals surface area contributed by atoms with Crippen molar-refractivity contribution in [2.45, 2.75) is 6.54 Å². The van der Waals surface area contributed by atoms with Gasteiger partial charge in [-0.1, -0.05) is 23.2 Å². The smallest absolute Gasteiger partial charge is 0.279 e. The first-order valence-corrected chi connectivity index (χ1v) is 7.79. The van der Waals surface area contributed by atoms with Gasteiger partial charge < -0.3 is 15.0 Å². The van der Waals surface area contributed by atoms with Crippen molar-refractivity contribution in [3.8, 4) is 5.75 Å². The molecule has 0 fully saturated rings. The molecule has 7 heteroatoms. The second-order valence-corrected chi connectivity index (χ2v) is 5.95. The van der Waals surface area contributed by atoms with Crippen molar-refractivity contribution in [3.05, 3.63) is 52.3 Å². The van der Waals surface area contributed by atoms with Crippen molar-refractivity contribution in [2.24, 2.45) is 0 Å². The summed E-state index contributed by atoms with van der Waals surface area (Å²) in [5, 5.41) is 3.67. The SMILES string of the molecule is COc1ccc(Cl)cc1C[NH+](C)CC(=O)Nc1cccnc1Cl. The number of halogens is 2. The average molecular weight is 355 g/mol. The largest absolute Gasteiger partial charge is 0.496 e. The van der Waals surface area contributed by atoms with Crippen molar-refractivity contribution in [1.82, 2.24) is 4.98 Å². The summed E-state index contributed by atoms with van der Waals surface area (Å²) < 4.78 is 5.32. The summed E-state index contributed by atoms with van der Waals surface area (Å²) in [5.74, 6) is 0.614. The number of anilines is 1. The molecule has 122 valence electrons. The van der Waals surface area contributed by atoms with Gasteiger partial charge in [0.05, 0.1) is 19.8 Å². The highest BCUT2D eigenvalue weighted by Gasteiger charge is 2.15. The zero-order valence-electron chi connectivity index (χ0n) is 12.9. The van der Waals surface area contributed by atoms with E-state index in [0.29, 0.717) is 17.3 Å².